The van der Waals surface area contributed by atoms with E-state index in [-0.39, 0.29) is 0 Å². The van der Waals surface area contributed by atoms with Crippen molar-refractivity contribution >= 4 is 54.1 Å². The van der Waals surface area contributed by atoms with Crippen LogP contribution in [0, 0.1) is 34.6 Å². The van der Waals surface area contributed by atoms with Gasteiger partial charge in [-0.3, -0.25) is 24.9 Å². The van der Waals surface area contributed by atoms with Gasteiger partial charge in [-0.15, -0.1) is 0 Å². The highest BCUT2D eigenvalue weighted by Gasteiger charge is 2.17. The van der Waals surface area contributed by atoms with Crippen molar-refractivity contribution in [1.29, 1.82) is 0 Å². The molecule has 0 fully saturated rings. The molecule has 0 saturated heterocycles. The lowest BCUT2D eigenvalue weighted by Gasteiger charge is -2.08. The molecule has 0 radical (unpaired) electrons. The number of aryl methyl sites for hydroxylation is 10. The fraction of sp³-hybridized carbons (Fsp3) is 0.132. The van der Waals surface area contributed by atoms with E-state index in [1.165, 1.54) is 93.3 Å². The van der Waals surface area contributed by atoms with E-state index in [0.29, 0.717) is 0 Å². The Balaban J connectivity index is 0.000000116. The van der Waals surface area contributed by atoms with Gasteiger partial charge in [0.2, 0.25) is 5.69 Å². The van der Waals surface area contributed by atoms with Crippen molar-refractivity contribution < 1.29 is 22.8 Å². The van der Waals surface area contributed by atoms with Gasteiger partial charge in [-0.2, -0.15) is 4.57 Å². The third-order valence-corrected chi connectivity index (χ3v) is 16.5. The zero-order chi connectivity index (χ0) is 62.7. The molecule has 0 amide bonds. The van der Waals surface area contributed by atoms with Crippen LogP contribution in [0.4, 0.5) is 0 Å². The second-order valence-electron chi connectivity index (χ2n) is 22.1. The summed E-state index contributed by atoms with van der Waals surface area (Å²) in [6.07, 6.45) is 29.6. The highest BCUT2D eigenvalue weighted by Crippen LogP contribution is 2.31. The standard InChI is InChI=1S/C16H15N2.4C15H14N3/c1-12-14-6-4-3-5-13(14)7-8-15(12)16-11-17-9-10-18(16)2;1-11-13-5-7-16-9-12(13)3-4-14(11)15-6-8-17-10-18(15)2;1-11-12-4-3-8-17-14(12)6-5-13(11)15-7-9-16-10-18(15)2;1-11-12-5-3-4-6-14(12)17-9-13(11)15-7-8-16-10-18(15)2;1-11-13-6-4-3-5-12(13)9-17-15(11)14-7-8-16-10-18(14)2/h3-11H,1-2H3;4*3-10H,1-2H3/q5*+1. The molecule has 14 heteroatoms. The minimum Gasteiger partial charge on any atom is -0.264 e. The molecule has 90 heavy (non-hydrogen) atoms. The van der Waals surface area contributed by atoms with E-state index >= 15 is 0 Å². The van der Waals surface area contributed by atoms with Gasteiger partial charge >= 0.3 is 0 Å². The number of rotatable bonds is 5. The van der Waals surface area contributed by atoms with Gasteiger partial charge in [0, 0.05) is 93.5 Å². The molecule has 0 bridgehead atoms. The first-order valence-electron chi connectivity index (χ1n) is 29.7. The highest BCUT2D eigenvalue weighted by atomic mass is 15.0. The molecule has 15 rings (SSSR count). The summed E-state index contributed by atoms with van der Waals surface area (Å²) in [4.78, 5) is 38.3. The Morgan fingerprint density at radius 3 is 1.30 bits per heavy atom. The molecule has 0 atom stereocenters. The molecule has 0 N–H and O–H groups in total. The minimum atomic E-state index is 1.01. The minimum absolute atomic E-state index is 1.01. The van der Waals surface area contributed by atoms with Gasteiger partial charge in [0.25, 0.3) is 25.3 Å². The molecule has 0 saturated carbocycles. The first-order chi connectivity index (χ1) is 43.9. The van der Waals surface area contributed by atoms with Crippen molar-refractivity contribution in [3.05, 3.63) is 279 Å². The number of fused-ring (bicyclic) bond motifs is 5. The van der Waals surface area contributed by atoms with Gasteiger partial charge in [0.05, 0.1) is 57.2 Å². The number of nitrogens with zero attached hydrogens (tertiary/aromatic N) is 14. The van der Waals surface area contributed by atoms with E-state index < -0.39 is 0 Å². The lowest BCUT2D eigenvalue weighted by Crippen LogP contribution is -2.31. The van der Waals surface area contributed by atoms with Crippen LogP contribution in [0.1, 0.15) is 27.8 Å². The van der Waals surface area contributed by atoms with Crippen LogP contribution in [-0.2, 0) is 35.2 Å². The predicted octanol–water partition coefficient (Wildman–Crippen LogP) is 12.8. The summed E-state index contributed by atoms with van der Waals surface area (Å²) in [7, 11) is 10.1. The van der Waals surface area contributed by atoms with Gasteiger partial charge in [-0.05, 0) is 126 Å². The lowest BCUT2D eigenvalue weighted by molar-refractivity contribution is -0.663. The summed E-state index contributed by atoms with van der Waals surface area (Å²) in [6.45, 7) is 10.7. The Bertz CT molecular complexity index is 4330. The predicted molar refractivity (Wildman–Crippen MR) is 357 cm³/mol. The number of benzene rings is 6. The Kier molecular flexibility index (Phi) is 18.5. The quantitative estimate of drug-likeness (QED) is 0.154. The third-order valence-electron chi connectivity index (χ3n) is 16.5. The molecule has 0 aliphatic heterocycles. The van der Waals surface area contributed by atoms with Crippen molar-refractivity contribution in [1.82, 2.24) is 44.9 Å². The molecule has 9 heterocycles. The van der Waals surface area contributed by atoms with E-state index in [9.17, 15) is 0 Å². The van der Waals surface area contributed by atoms with Crippen molar-refractivity contribution in [2.45, 2.75) is 34.6 Å². The Labute approximate surface area is 524 Å². The maximum atomic E-state index is 4.59. The van der Waals surface area contributed by atoms with E-state index in [2.05, 4.69) is 181 Å². The van der Waals surface area contributed by atoms with E-state index in [1.807, 2.05) is 189 Å². The zero-order valence-electron chi connectivity index (χ0n) is 52.4. The number of aromatic nitrogens is 14. The Morgan fingerprint density at radius 1 is 0.256 bits per heavy atom. The number of hydrogen-bond donors (Lipinski definition) is 0. The van der Waals surface area contributed by atoms with Crippen LogP contribution in [-0.4, -0.2) is 44.9 Å². The summed E-state index contributed by atoms with van der Waals surface area (Å²) >= 11 is 0. The summed E-state index contributed by atoms with van der Waals surface area (Å²) < 4.78 is 10.2. The van der Waals surface area contributed by atoms with E-state index in [0.717, 1.165) is 45.1 Å². The second kappa shape index (κ2) is 27.5. The number of pyridine rings is 4. The number of para-hydroxylation sites is 1. The topological polar surface area (TPSA) is 135 Å². The molecule has 0 aliphatic carbocycles. The van der Waals surface area contributed by atoms with Gasteiger partial charge in [0.15, 0.2) is 11.9 Å². The van der Waals surface area contributed by atoms with Crippen molar-refractivity contribution in [3.8, 4) is 56.4 Å². The van der Waals surface area contributed by atoms with Crippen LogP contribution in [0.2, 0.25) is 0 Å². The fourth-order valence-corrected chi connectivity index (χ4v) is 11.5. The van der Waals surface area contributed by atoms with Crippen LogP contribution >= 0.6 is 0 Å². The molecule has 9 aromatic heterocycles. The monoisotopic (exact) mass is 1180 g/mol. The van der Waals surface area contributed by atoms with Crippen molar-refractivity contribution in [2.75, 3.05) is 0 Å². The Morgan fingerprint density at radius 2 is 0.689 bits per heavy atom. The van der Waals surface area contributed by atoms with Crippen LogP contribution in [0.25, 0.3) is 111 Å². The molecular weight excluding hydrogens is 1110 g/mol. The summed E-state index contributed by atoms with van der Waals surface area (Å²) in [6, 6.07) is 52.1. The molecular formula is C76H71N14+5. The van der Waals surface area contributed by atoms with Crippen molar-refractivity contribution in [3.63, 3.8) is 0 Å². The molecule has 14 nitrogen and oxygen atoms in total. The molecule has 0 aliphatic rings. The van der Waals surface area contributed by atoms with Gasteiger partial charge in [-0.25, -0.2) is 18.3 Å². The van der Waals surface area contributed by atoms with Crippen LogP contribution in [0.15, 0.2) is 251 Å². The van der Waals surface area contributed by atoms with Gasteiger partial charge < -0.3 is 0 Å². The molecule has 6 aromatic carbocycles. The SMILES string of the molecule is Cc1c(-c2ccnc[n+]2C)ccc2cnccc12.Cc1c(-c2ccnc[n+]2C)ccc2ncccc12.Cc1c(-c2ccnc[n+]2C)cnc2ccccc12.Cc1c(-c2ccnc[n+]2C)ncc2ccccc12.Cc1c(-c2cncc[n+]2C)ccc2ccccc12. The number of hydrogen-bond acceptors (Lipinski definition) is 9. The molecule has 15 aromatic rings. The van der Waals surface area contributed by atoms with Crippen LogP contribution in [0.5, 0.6) is 0 Å². The summed E-state index contributed by atoms with van der Waals surface area (Å²) in [5.41, 5.74) is 19.9. The zero-order valence-corrected chi connectivity index (χ0v) is 52.4. The summed E-state index contributed by atoms with van der Waals surface area (Å²) in [5.74, 6) is 0. The first kappa shape index (κ1) is 60.3. The second-order valence-corrected chi connectivity index (χ2v) is 22.1. The summed E-state index contributed by atoms with van der Waals surface area (Å²) in [5, 5.41) is 9.84. The maximum absolute atomic E-state index is 4.59. The third kappa shape index (κ3) is 13.0. The average molecular weight is 1180 g/mol. The maximum Gasteiger partial charge on any atom is 0.286 e. The smallest absolute Gasteiger partial charge is 0.264 e. The fourth-order valence-electron chi connectivity index (χ4n) is 11.5. The average Bonchev–Trinajstić information content (AvgIpc) is 1.24. The highest BCUT2D eigenvalue weighted by molar-refractivity contribution is 5.93. The van der Waals surface area contributed by atoms with Gasteiger partial charge in [0.1, 0.15) is 54.6 Å². The first-order valence-corrected chi connectivity index (χ1v) is 29.7. The van der Waals surface area contributed by atoms with E-state index in [4.69, 9.17) is 0 Å². The van der Waals surface area contributed by atoms with Gasteiger partial charge in [-0.1, -0.05) is 105 Å². The lowest BCUT2D eigenvalue weighted by atomic mass is 9.98. The van der Waals surface area contributed by atoms with Crippen LogP contribution < -0.4 is 22.8 Å². The molecule has 440 valence electrons. The molecule has 0 spiro atoms. The van der Waals surface area contributed by atoms with E-state index in [1.54, 1.807) is 18.7 Å². The molecule has 0 unspecified atom stereocenters. The van der Waals surface area contributed by atoms with Crippen molar-refractivity contribution in [2.24, 2.45) is 35.2 Å². The Hall–Kier alpha value is -11.4. The normalized spacial score (nSPS) is 10.8. The van der Waals surface area contributed by atoms with Crippen LogP contribution in [0.3, 0.4) is 0 Å². The largest absolute Gasteiger partial charge is 0.286 e.